The third-order valence-electron chi connectivity index (χ3n) is 3.70. The first-order valence-electron chi connectivity index (χ1n) is 6.83. The van der Waals surface area contributed by atoms with Gasteiger partial charge in [0.25, 0.3) is 0 Å². The fourth-order valence-electron chi connectivity index (χ4n) is 2.58. The molecule has 0 aliphatic carbocycles. The van der Waals surface area contributed by atoms with Crippen LogP contribution in [0.15, 0.2) is 15.9 Å². The van der Waals surface area contributed by atoms with E-state index in [1.54, 1.807) is 11.3 Å². The van der Waals surface area contributed by atoms with Crippen LogP contribution in [0.3, 0.4) is 0 Å². The summed E-state index contributed by atoms with van der Waals surface area (Å²) in [6, 6.07) is 2.03. The molecule has 0 atom stereocenters. The highest BCUT2D eigenvalue weighted by atomic mass is 79.9. The molecule has 2 aromatic rings. The smallest absolute Gasteiger partial charge is 0.245 e. The molecule has 1 aliphatic heterocycles. The number of H-pyrrole nitrogens is 1. The number of nitrogens with one attached hydrogen (secondary N) is 2. The average Bonchev–Trinajstić information content (AvgIpc) is 3.08. The van der Waals surface area contributed by atoms with Crippen molar-refractivity contribution in [3.63, 3.8) is 0 Å². The van der Waals surface area contributed by atoms with Gasteiger partial charge >= 0.3 is 0 Å². The first kappa shape index (κ1) is 14.0. The molecule has 2 aromatic heterocycles. The Hall–Kier alpha value is -0.920. The molecular weight excluding hydrogens is 338 g/mol. The predicted octanol–water partition coefficient (Wildman–Crippen LogP) is 2.73. The van der Waals surface area contributed by atoms with E-state index in [4.69, 9.17) is 0 Å². The number of hydrogen-bond acceptors (Lipinski definition) is 5. The quantitative estimate of drug-likeness (QED) is 0.885. The van der Waals surface area contributed by atoms with E-state index >= 15 is 0 Å². The Bertz CT molecular complexity index is 559. The highest BCUT2D eigenvalue weighted by Crippen LogP contribution is 2.32. The molecule has 2 N–H and O–H groups in total. The second-order valence-electron chi connectivity index (χ2n) is 5.07. The molecule has 20 heavy (non-hydrogen) atoms. The van der Waals surface area contributed by atoms with Gasteiger partial charge in [0.2, 0.25) is 5.95 Å². The molecular formula is C13H18BrN5S. The minimum atomic E-state index is 0.779. The number of piperidine rings is 1. The van der Waals surface area contributed by atoms with Crippen LogP contribution < -0.4 is 10.2 Å². The van der Waals surface area contributed by atoms with Gasteiger partial charge in [-0.15, -0.1) is 16.4 Å². The van der Waals surface area contributed by atoms with Crippen LogP contribution in [0.25, 0.3) is 10.7 Å². The second-order valence-corrected chi connectivity index (χ2v) is 6.84. The van der Waals surface area contributed by atoms with Gasteiger partial charge in [-0.2, -0.15) is 4.98 Å². The molecule has 0 spiro atoms. The SMILES string of the molecule is CNCC1CCN(c2n[nH]c(-c3sccc3Br)n2)CC1. The summed E-state index contributed by atoms with van der Waals surface area (Å²) in [4.78, 5) is 8.01. The molecule has 0 saturated carbocycles. The lowest BCUT2D eigenvalue weighted by molar-refractivity contribution is 0.391. The molecule has 0 amide bonds. The molecule has 0 bridgehead atoms. The van der Waals surface area contributed by atoms with E-state index in [2.05, 4.69) is 41.3 Å². The van der Waals surface area contributed by atoms with Crippen molar-refractivity contribution in [1.82, 2.24) is 20.5 Å². The molecule has 3 rings (SSSR count). The number of thiophene rings is 1. The molecule has 1 fully saturated rings. The topological polar surface area (TPSA) is 56.8 Å². The third kappa shape index (κ3) is 2.89. The van der Waals surface area contributed by atoms with Gasteiger partial charge in [-0.1, -0.05) is 0 Å². The van der Waals surface area contributed by atoms with Crippen molar-refractivity contribution in [1.29, 1.82) is 0 Å². The van der Waals surface area contributed by atoms with Gasteiger partial charge in [-0.05, 0) is 59.7 Å². The van der Waals surface area contributed by atoms with Crippen LogP contribution in [-0.2, 0) is 0 Å². The minimum absolute atomic E-state index is 0.779. The number of hydrogen-bond donors (Lipinski definition) is 2. The van der Waals surface area contributed by atoms with Gasteiger partial charge in [-0.3, -0.25) is 5.10 Å². The van der Waals surface area contributed by atoms with Gasteiger partial charge < -0.3 is 10.2 Å². The van der Waals surface area contributed by atoms with Gasteiger partial charge in [-0.25, -0.2) is 0 Å². The molecule has 5 nitrogen and oxygen atoms in total. The van der Waals surface area contributed by atoms with Crippen LogP contribution in [0.2, 0.25) is 0 Å². The zero-order valence-electron chi connectivity index (χ0n) is 11.4. The Morgan fingerprint density at radius 3 is 2.95 bits per heavy atom. The highest BCUT2D eigenvalue weighted by molar-refractivity contribution is 9.10. The van der Waals surface area contributed by atoms with E-state index in [-0.39, 0.29) is 0 Å². The van der Waals surface area contributed by atoms with Crippen molar-refractivity contribution in [2.45, 2.75) is 12.8 Å². The Labute approximate surface area is 130 Å². The van der Waals surface area contributed by atoms with Crippen molar-refractivity contribution in [3.05, 3.63) is 15.9 Å². The standard InChI is InChI=1S/C13H18BrN5S/c1-15-8-9-2-5-19(6-3-9)13-16-12(17-18-13)11-10(14)4-7-20-11/h4,7,9,15H,2-3,5-6,8H2,1H3,(H,16,17,18). The van der Waals surface area contributed by atoms with Gasteiger partial charge in [0.15, 0.2) is 5.82 Å². The van der Waals surface area contributed by atoms with Crippen LogP contribution in [-0.4, -0.2) is 41.9 Å². The van der Waals surface area contributed by atoms with E-state index in [0.717, 1.165) is 46.7 Å². The van der Waals surface area contributed by atoms with Crippen LogP contribution in [0.4, 0.5) is 5.95 Å². The minimum Gasteiger partial charge on any atom is -0.340 e. The van der Waals surface area contributed by atoms with E-state index in [9.17, 15) is 0 Å². The maximum Gasteiger partial charge on any atom is 0.245 e. The fraction of sp³-hybridized carbons (Fsp3) is 0.538. The lowest BCUT2D eigenvalue weighted by Gasteiger charge is -2.30. The monoisotopic (exact) mass is 355 g/mol. The van der Waals surface area contributed by atoms with Crippen molar-refractivity contribution in [2.75, 3.05) is 31.6 Å². The first-order chi connectivity index (χ1) is 9.78. The number of halogens is 1. The predicted molar refractivity (Wildman–Crippen MR) is 86.3 cm³/mol. The molecule has 1 saturated heterocycles. The molecule has 0 aromatic carbocycles. The summed E-state index contributed by atoms with van der Waals surface area (Å²) in [5, 5.41) is 12.7. The van der Waals surface area contributed by atoms with Gasteiger partial charge in [0, 0.05) is 17.6 Å². The molecule has 1 aliphatic rings. The first-order valence-corrected chi connectivity index (χ1v) is 8.50. The molecule has 0 radical (unpaired) electrons. The second kappa shape index (κ2) is 6.24. The summed E-state index contributed by atoms with van der Waals surface area (Å²) in [7, 11) is 2.02. The summed E-state index contributed by atoms with van der Waals surface area (Å²) in [5.41, 5.74) is 0. The highest BCUT2D eigenvalue weighted by Gasteiger charge is 2.22. The number of rotatable bonds is 4. The van der Waals surface area contributed by atoms with Crippen LogP contribution in [0.5, 0.6) is 0 Å². The van der Waals surface area contributed by atoms with E-state index in [0.29, 0.717) is 0 Å². The molecule has 7 heteroatoms. The Morgan fingerprint density at radius 1 is 1.50 bits per heavy atom. The van der Waals surface area contributed by atoms with Crippen molar-refractivity contribution in [2.24, 2.45) is 5.92 Å². The summed E-state index contributed by atoms with van der Waals surface area (Å²) in [6.45, 7) is 3.18. The maximum absolute atomic E-state index is 4.63. The zero-order valence-corrected chi connectivity index (χ0v) is 13.8. The maximum atomic E-state index is 4.63. The lowest BCUT2D eigenvalue weighted by atomic mass is 9.97. The molecule has 0 unspecified atom stereocenters. The van der Waals surface area contributed by atoms with Gasteiger partial charge in [0.05, 0.1) is 4.88 Å². The molecule has 3 heterocycles. The van der Waals surface area contributed by atoms with E-state index in [1.165, 1.54) is 12.8 Å². The number of aromatic nitrogens is 3. The Morgan fingerprint density at radius 2 is 2.30 bits per heavy atom. The van der Waals surface area contributed by atoms with E-state index < -0.39 is 0 Å². The summed E-state index contributed by atoms with van der Waals surface area (Å²) >= 11 is 5.20. The lowest BCUT2D eigenvalue weighted by Crippen LogP contribution is -2.37. The Balaban J connectivity index is 1.68. The summed E-state index contributed by atoms with van der Waals surface area (Å²) in [6.07, 6.45) is 2.40. The van der Waals surface area contributed by atoms with Crippen molar-refractivity contribution < 1.29 is 0 Å². The number of anilines is 1. The molecule has 108 valence electrons. The average molecular weight is 356 g/mol. The number of aromatic amines is 1. The normalized spacial score (nSPS) is 16.8. The fourth-order valence-corrected chi connectivity index (χ4v) is 4.08. The number of nitrogens with zero attached hydrogens (tertiary/aromatic N) is 3. The summed E-state index contributed by atoms with van der Waals surface area (Å²) in [5.74, 6) is 2.45. The van der Waals surface area contributed by atoms with Gasteiger partial charge in [0.1, 0.15) is 0 Å². The van der Waals surface area contributed by atoms with Crippen molar-refractivity contribution >= 4 is 33.2 Å². The summed E-state index contributed by atoms with van der Waals surface area (Å²) < 4.78 is 1.07. The largest absolute Gasteiger partial charge is 0.340 e. The zero-order chi connectivity index (χ0) is 13.9. The van der Waals surface area contributed by atoms with Crippen LogP contribution in [0, 0.1) is 5.92 Å². The van der Waals surface area contributed by atoms with E-state index in [1.807, 2.05) is 18.5 Å². The third-order valence-corrected chi connectivity index (χ3v) is 5.54. The Kier molecular flexibility index (Phi) is 4.38. The van der Waals surface area contributed by atoms with Crippen LogP contribution in [0.1, 0.15) is 12.8 Å². The van der Waals surface area contributed by atoms with Crippen molar-refractivity contribution in [3.8, 4) is 10.7 Å². The van der Waals surface area contributed by atoms with Crippen LogP contribution >= 0.6 is 27.3 Å².